The Morgan fingerprint density at radius 1 is 1.45 bits per heavy atom. The van der Waals surface area contributed by atoms with Crippen LogP contribution in [0.2, 0.25) is 6.32 Å². The summed E-state index contributed by atoms with van der Waals surface area (Å²) < 4.78 is 11.2. The number of nitrogens with one attached hydrogen (secondary N) is 1. The number of amides is 1. The number of carboxylic acids is 1. The summed E-state index contributed by atoms with van der Waals surface area (Å²) >= 11 is 0. The maximum Gasteiger partial charge on any atom is 0.454 e. The first-order chi connectivity index (χ1) is 13.8. The number of carboxylic acid groups (broad SMARTS) is 1. The standard InChI is InChI=1S/C20H33BN2O6/c1-4-9-22-15(3)10-19(24)23-11-16(12-23)29-18-6-5-14(2)7-8-21(27)28-13-17(18)20(25)26/h5-6,14-16,22,27H,4,7-13H2,1-3H3,(H,25,26)/b6-5-,18-17-. The zero-order chi connectivity index (χ0) is 21.4. The number of hydrogen-bond acceptors (Lipinski definition) is 6. The molecule has 9 heteroatoms. The van der Waals surface area contributed by atoms with Crippen molar-refractivity contribution in [3.63, 3.8) is 0 Å². The molecule has 0 aromatic heterocycles. The van der Waals surface area contributed by atoms with Crippen molar-refractivity contribution >= 4 is 19.0 Å². The van der Waals surface area contributed by atoms with Crippen LogP contribution in [0.5, 0.6) is 0 Å². The summed E-state index contributed by atoms with van der Waals surface area (Å²) in [5, 5.41) is 22.7. The van der Waals surface area contributed by atoms with Crippen LogP contribution in [0.1, 0.15) is 40.0 Å². The van der Waals surface area contributed by atoms with Crippen molar-refractivity contribution in [1.82, 2.24) is 10.2 Å². The number of likely N-dealkylation sites (tertiary alicyclic amines) is 1. The van der Waals surface area contributed by atoms with Gasteiger partial charge >= 0.3 is 13.1 Å². The van der Waals surface area contributed by atoms with E-state index in [-0.39, 0.29) is 41.9 Å². The van der Waals surface area contributed by atoms with Crippen LogP contribution >= 0.6 is 0 Å². The highest BCUT2D eigenvalue weighted by Gasteiger charge is 2.34. The van der Waals surface area contributed by atoms with Gasteiger partial charge in [-0.2, -0.15) is 0 Å². The number of rotatable bonds is 8. The molecule has 162 valence electrons. The van der Waals surface area contributed by atoms with Gasteiger partial charge in [0.25, 0.3) is 0 Å². The molecular formula is C20H33BN2O6. The summed E-state index contributed by atoms with van der Waals surface area (Å²) in [6, 6.07) is 0.120. The number of allylic oxidation sites excluding steroid dienone is 2. The molecule has 8 nitrogen and oxygen atoms in total. The van der Waals surface area contributed by atoms with E-state index >= 15 is 0 Å². The molecule has 0 saturated carbocycles. The fraction of sp³-hybridized carbons (Fsp3) is 0.700. The van der Waals surface area contributed by atoms with Gasteiger partial charge in [0.05, 0.1) is 19.7 Å². The molecule has 2 aliphatic rings. The van der Waals surface area contributed by atoms with Gasteiger partial charge in [-0.15, -0.1) is 0 Å². The van der Waals surface area contributed by atoms with Crippen molar-refractivity contribution in [2.75, 3.05) is 26.2 Å². The van der Waals surface area contributed by atoms with E-state index < -0.39 is 13.1 Å². The SMILES string of the molecule is CCCNC(C)CC(=O)N1CC(OC2=C(\C(=O)O)COB(O)CCC(C)/C=C\2)C1. The second-order valence-corrected chi connectivity index (χ2v) is 7.93. The molecule has 3 N–H and O–H groups in total. The minimum atomic E-state index is -1.15. The Labute approximate surface area is 173 Å². The van der Waals surface area contributed by atoms with Crippen LogP contribution in [0.25, 0.3) is 0 Å². The molecule has 0 aromatic carbocycles. The van der Waals surface area contributed by atoms with Crippen LogP contribution in [-0.4, -0.2) is 72.4 Å². The second-order valence-electron chi connectivity index (χ2n) is 7.93. The first-order valence-corrected chi connectivity index (χ1v) is 10.4. The van der Waals surface area contributed by atoms with Crippen LogP contribution in [0.4, 0.5) is 0 Å². The lowest BCUT2D eigenvalue weighted by Gasteiger charge is -2.40. The van der Waals surface area contributed by atoms with Crippen molar-refractivity contribution < 1.29 is 29.1 Å². The molecule has 1 saturated heterocycles. The molecule has 2 rings (SSSR count). The number of ether oxygens (including phenoxy) is 1. The maximum atomic E-state index is 12.3. The highest BCUT2D eigenvalue weighted by molar-refractivity contribution is 6.42. The Morgan fingerprint density at radius 3 is 2.83 bits per heavy atom. The van der Waals surface area contributed by atoms with Crippen LogP contribution in [0, 0.1) is 5.92 Å². The Kier molecular flexibility index (Phi) is 9.20. The van der Waals surface area contributed by atoms with Gasteiger partial charge in [0, 0.05) is 12.5 Å². The summed E-state index contributed by atoms with van der Waals surface area (Å²) in [5.74, 6) is -0.701. The first-order valence-electron chi connectivity index (χ1n) is 10.4. The van der Waals surface area contributed by atoms with Crippen LogP contribution < -0.4 is 5.32 Å². The van der Waals surface area contributed by atoms with Gasteiger partial charge in [0.15, 0.2) is 0 Å². The molecule has 0 radical (unpaired) electrons. The van der Waals surface area contributed by atoms with E-state index in [1.165, 1.54) is 0 Å². The van der Waals surface area contributed by atoms with Crippen LogP contribution in [0.15, 0.2) is 23.5 Å². The quantitative estimate of drug-likeness (QED) is 0.522. The van der Waals surface area contributed by atoms with Gasteiger partial charge in [-0.25, -0.2) is 4.79 Å². The molecule has 2 atom stereocenters. The van der Waals surface area contributed by atoms with Crippen LogP contribution in [-0.2, 0) is 19.0 Å². The van der Waals surface area contributed by atoms with Crippen molar-refractivity contribution in [3.05, 3.63) is 23.5 Å². The molecule has 1 fully saturated rings. The zero-order valence-corrected chi connectivity index (χ0v) is 17.6. The van der Waals surface area contributed by atoms with E-state index in [4.69, 9.17) is 9.39 Å². The van der Waals surface area contributed by atoms with Crippen molar-refractivity contribution in [1.29, 1.82) is 0 Å². The maximum absolute atomic E-state index is 12.3. The van der Waals surface area contributed by atoms with Gasteiger partial charge in [-0.1, -0.05) is 19.9 Å². The highest BCUT2D eigenvalue weighted by Crippen LogP contribution is 2.22. The summed E-state index contributed by atoms with van der Waals surface area (Å²) in [6.45, 7) is 7.57. The van der Waals surface area contributed by atoms with Crippen molar-refractivity contribution in [2.24, 2.45) is 5.92 Å². The number of aliphatic carboxylic acids is 1. The number of carbonyl (C=O) groups is 2. The molecule has 2 unspecified atom stereocenters. The van der Waals surface area contributed by atoms with E-state index in [9.17, 15) is 19.7 Å². The molecule has 0 aliphatic carbocycles. The molecule has 2 heterocycles. The predicted octanol–water partition coefficient (Wildman–Crippen LogP) is 1.42. The summed E-state index contributed by atoms with van der Waals surface area (Å²) in [6.07, 6.45) is 5.93. The van der Waals surface area contributed by atoms with Gasteiger partial charge in [0.1, 0.15) is 17.4 Å². The van der Waals surface area contributed by atoms with Gasteiger partial charge in [-0.3, -0.25) is 4.79 Å². The number of nitrogens with zero attached hydrogens (tertiary/aromatic N) is 1. The molecule has 29 heavy (non-hydrogen) atoms. The summed E-state index contributed by atoms with van der Waals surface area (Å²) in [4.78, 5) is 25.7. The fourth-order valence-corrected chi connectivity index (χ4v) is 3.22. The summed E-state index contributed by atoms with van der Waals surface area (Å²) in [5.41, 5.74) is -0.0310. The molecule has 2 aliphatic heterocycles. The fourth-order valence-electron chi connectivity index (χ4n) is 3.22. The topological polar surface area (TPSA) is 108 Å². The van der Waals surface area contributed by atoms with E-state index in [1.807, 2.05) is 19.9 Å². The molecule has 0 aromatic rings. The first kappa shape index (κ1) is 23.4. The third kappa shape index (κ3) is 7.49. The Hall–Kier alpha value is -1.84. The lowest BCUT2D eigenvalue weighted by molar-refractivity contribution is -0.143. The highest BCUT2D eigenvalue weighted by atomic mass is 16.5. The smallest absolute Gasteiger partial charge is 0.454 e. The third-order valence-electron chi connectivity index (χ3n) is 5.14. The average Bonchev–Trinajstić information content (AvgIpc) is 2.63. The van der Waals surface area contributed by atoms with E-state index in [1.54, 1.807) is 11.0 Å². The van der Waals surface area contributed by atoms with Crippen LogP contribution in [0.3, 0.4) is 0 Å². The Morgan fingerprint density at radius 2 is 2.17 bits per heavy atom. The Bertz CT molecular complexity index is 632. The second kappa shape index (κ2) is 11.4. The lowest BCUT2D eigenvalue weighted by atomic mass is 9.80. The van der Waals surface area contributed by atoms with Crippen molar-refractivity contribution in [3.8, 4) is 0 Å². The molecule has 1 amide bonds. The summed E-state index contributed by atoms with van der Waals surface area (Å²) in [7, 11) is -1.00. The Balaban J connectivity index is 1.96. The average molecular weight is 408 g/mol. The van der Waals surface area contributed by atoms with E-state index in [0.717, 1.165) is 19.4 Å². The number of carbonyl (C=O) groups excluding carboxylic acids is 1. The van der Waals surface area contributed by atoms with Gasteiger partial charge in [0.2, 0.25) is 5.91 Å². The van der Waals surface area contributed by atoms with Gasteiger partial charge < -0.3 is 29.7 Å². The largest absolute Gasteiger partial charge is 0.486 e. The monoisotopic (exact) mass is 408 g/mol. The minimum absolute atomic E-state index is 0.0310. The normalized spacial score (nSPS) is 25.9. The lowest BCUT2D eigenvalue weighted by Crippen LogP contribution is -2.55. The third-order valence-corrected chi connectivity index (χ3v) is 5.14. The van der Waals surface area contributed by atoms with Gasteiger partial charge in [-0.05, 0) is 44.6 Å². The molecule has 0 spiro atoms. The predicted molar refractivity (Wildman–Crippen MR) is 110 cm³/mol. The van der Waals surface area contributed by atoms with Crippen molar-refractivity contribution in [2.45, 2.75) is 58.5 Å². The number of hydrogen-bond donors (Lipinski definition) is 3. The van der Waals surface area contributed by atoms with E-state index in [2.05, 4.69) is 12.2 Å². The molecule has 0 bridgehead atoms. The zero-order valence-electron chi connectivity index (χ0n) is 17.6. The molecular weight excluding hydrogens is 375 g/mol. The van der Waals surface area contributed by atoms with E-state index in [0.29, 0.717) is 25.8 Å². The minimum Gasteiger partial charge on any atom is -0.486 e.